The fourth-order valence-corrected chi connectivity index (χ4v) is 1.99. The molecule has 0 amide bonds. The van der Waals surface area contributed by atoms with Crippen LogP contribution in [0.5, 0.6) is 5.75 Å². The predicted molar refractivity (Wildman–Crippen MR) is 87.6 cm³/mol. The van der Waals surface area contributed by atoms with E-state index in [2.05, 4.69) is 41.7 Å². The topological polar surface area (TPSA) is 21.3 Å². The standard InChI is InChI=1S/C14H16NO.C5H5.Fe/c1-16-14-8-4-7-13(9-14)11-15-10-12-5-2-3-6-12;1-2-4-5-3-1;/h2-9,15H,10-11H2,1H3;1-5H;/q-5;-1;. The van der Waals surface area contributed by atoms with Crippen LogP contribution in [0.4, 0.5) is 0 Å². The summed E-state index contributed by atoms with van der Waals surface area (Å²) in [4.78, 5) is 0. The molecule has 0 aliphatic carbocycles. The quantitative estimate of drug-likeness (QED) is 0.560. The van der Waals surface area contributed by atoms with Crippen LogP contribution >= 0.6 is 0 Å². The van der Waals surface area contributed by atoms with Crippen LogP contribution in [0, 0.1) is 0 Å². The van der Waals surface area contributed by atoms with E-state index in [-0.39, 0.29) is 17.1 Å². The van der Waals surface area contributed by atoms with Gasteiger partial charge in [0.05, 0.1) is 7.11 Å². The molecule has 0 atom stereocenters. The van der Waals surface area contributed by atoms with Gasteiger partial charge in [0.1, 0.15) is 5.75 Å². The van der Waals surface area contributed by atoms with Crippen LogP contribution < -0.4 is 10.1 Å². The number of benzene rings is 1. The van der Waals surface area contributed by atoms with Gasteiger partial charge in [-0.25, -0.2) is 12.1 Å². The summed E-state index contributed by atoms with van der Waals surface area (Å²) < 4.78 is 5.18. The van der Waals surface area contributed by atoms with Crippen molar-refractivity contribution >= 4 is 0 Å². The molecule has 3 aromatic carbocycles. The molecule has 0 fully saturated rings. The Morgan fingerprint density at radius 1 is 1.09 bits per heavy atom. The number of hydrogen-bond donors (Lipinski definition) is 1. The Balaban J connectivity index is 0.000000344. The van der Waals surface area contributed by atoms with Gasteiger partial charge in [0.2, 0.25) is 0 Å². The second-order valence-corrected chi connectivity index (χ2v) is 4.71. The Labute approximate surface area is 143 Å². The van der Waals surface area contributed by atoms with Crippen molar-refractivity contribution in [2.75, 3.05) is 7.11 Å². The van der Waals surface area contributed by atoms with Crippen molar-refractivity contribution in [1.29, 1.82) is 0 Å². The van der Waals surface area contributed by atoms with E-state index >= 15 is 0 Å². The number of methoxy groups -OCH3 is 1. The third kappa shape index (κ3) is 6.77. The summed E-state index contributed by atoms with van der Waals surface area (Å²) in [5, 5.41) is 3.40. The summed E-state index contributed by atoms with van der Waals surface area (Å²) in [6.45, 7) is 1.77. The molecule has 0 aromatic heterocycles. The average molecular weight is 335 g/mol. The van der Waals surface area contributed by atoms with Crippen LogP contribution in [0.2, 0.25) is 0 Å². The Hall–Kier alpha value is -1.80. The summed E-state index contributed by atoms with van der Waals surface area (Å²) in [5.74, 6) is 0.910. The molecule has 0 radical (unpaired) electrons. The molecule has 0 saturated heterocycles. The van der Waals surface area contributed by atoms with Crippen LogP contribution in [0.1, 0.15) is 11.1 Å². The van der Waals surface area contributed by atoms with Crippen LogP contribution in [-0.4, -0.2) is 7.11 Å². The van der Waals surface area contributed by atoms with Crippen LogP contribution in [0.25, 0.3) is 0 Å². The average Bonchev–Trinajstić information content (AvgIpc) is 3.23. The molecular weight excluding hydrogens is 314 g/mol. The predicted octanol–water partition coefficient (Wildman–Crippen LogP) is 4.11. The van der Waals surface area contributed by atoms with E-state index in [9.17, 15) is 0 Å². The first kappa shape index (κ1) is 18.2. The third-order valence-electron chi connectivity index (χ3n) is 3.08. The van der Waals surface area contributed by atoms with Gasteiger partial charge in [-0.1, -0.05) is 12.1 Å². The van der Waals surface area contributed by atoms with Crippen molar-refractivity contribution in [1.82, 2.24) is 5.32 Å². The molecular formula is C19H21FeNO-6. The van der Waals surface area contributed by atoms with E-state index in [1.54, 1.807) is 7.11 Å². The van der Waals surface area contributed by atoms with E-state index in [0.717, 1.165) is 18.8 Å². The summed E-state index contributed by atoms with van der Waals surface area (Å²) in [7, 11) is 1.69. The normalized spacial score (nSPS) is 9.32. The summed E-state index contributed by atoms with van der Waals surface area (Å²) >= 11 is 0. The fraction of sp³-hybridized carbons (Fsp3) is 0.158. The van der Waals surface area contributed by atoms with Gasteiger partial charge >= 0.3 is 0 Å². The zero-order chi connectivity index (χ0) is 14.8. The molecule has 0 bridgehead atoms. The van der Waals surface area contributed by atoms with Crippen LogP contribution in [0.15, 0.2) is 78.9 Å². The molecule has 0 heterocycles. The summed E-state index contributed by atoms with van der Waals surface area (Å²) in [6.07, 6.45) is 0. The van der Waals surface area contributed by atoms with Gasteiger partial charge in [0, 0.05) is 23.6 Å². The number of hydrogen-bond acceptors (Lipinski definition) is 2. The second kappa shape index (κ2) is 10.9. The zero-order valence-corrected chi connectivity index (χ0v) is 13.8. The molecule has 0 saturated carbocycles. The van der Waals surface area contributed by atoms with Crippen molar-refractivity contribution in [3.05, 3.63) is 90.0 Å². The third-order valence-corrected chi connectivity index (χ3v) is 3.08. The maximum absolute atomic E-state index is 5.18. The Morgan fingerprint density at radius 2 is 1.82 bits per heavy atom. The minimum atomic E-state index is 0. The molecule has 122 valence electrons. The Bertz CT molecular complexity index is 570. The molecule has 0 aliphatic rings. The first-order chi connectivity index (χ1) is 10.4. The zero-order valence-electron chi connectivity index (χ0n) is 12.7. The monoisotopic (exact) mass is 335 g/mol. The van der Waals surface area contributed by atoms with Crippen LogP contribution in [-0.2, 0) is 30.2 Å². The second-order valence-electron chi connectivity index (χ2n) is 4.71. The minimum absolute atomic E-state index is 0. The first-order valence-corrected chi connectivity index (χ1v) is 7.09. The molecule has 3 aromatic rings. The molecule has 22 heavy (non-hydrogen) atoms. The minimum Gasteiger partial charge on any atom is -0.748 e. The van der Waals surface area contributed by atoms with Gasteiger partial charge in [0.25, 0.3) is 0 Å². The van der Waals surface area contributed by atoms with E-state index in [1.807, 2.05) is 42.5 Å². The molecule has 0 unspecified atom stereocenters. The maximum atomic E-state index is 5.18. The van der Waals surface area contributed by atoms with Gasteiger partial charge in [-0.15, -0.1) is 0 Å². The fourth-order valence-electron chi connectivity index (χ4n) is 1.99. The van der Waals surface area contributed by atoms with Crippen molar-refractivity contribution in [3.8, 4) is 5.75 Å². The first-order valence-electron chi connectivity index (χ1n) is 7.09. The molecule has 0 aliphatic heterocycles. The Morgan fingerprint density at radius 3 is 2.41 bits per heavy atom. The van der Waals surface area contributed by atoms with Gasteiger partial charge in [-0.3, -0.25) is 0 Å². The number of nitrogens with one attached hydrogen (secondary N) is 1. The van der Waals surface area contributed by atoms with E-state index in [0.29, 0.717) is 0 Å². The van der Waals surface area contributed by atoms with E-state index < -0.39 is 0 Å². The number of rotatable bonds is 5. The van der Waals surface area contributed by atoms with Gasteiger partial charge in [-0.2, -0.15) is 24.7 Å². The molecule has 3 heteroatoms. The van der Waals surface area contributed by atoms with Crippen molar-refractivity contribution < 1.29 is 21.8 Å². The molecule has 0 spiro atoms. The smallest absolute Gasteiger partial charge is 0.119 e. The van der Waals surface area contributed by atoms with E-state index in [1.165, 1.54) is 11.1 Å². The molecule has 1 N–H and O–H groups in total. The Kier molecular flexibility index (Phi) is 9.01. The largest absolute Gasteiger partial charge is 0.748 e. The van der Waals surface area contributed by atoms with E-state index in [4.69, 9.17) is 4.74 Å². The van der Waals surface area contributed by atoms with Crippen molar-refractivity contribution in [3.63, 3.8) is 0 Å². The maximum Gasteiger partial charge on any atom is 0.119 e. The summed E-state index contributed by atoms with van der Waals surface area (Å²) in [6, 6.07) is 26.5. The van der Waals surface area contributed by atoms with Gasteiger partial charge in [0.15, 0.2) is 0 Å². The SMILES string of the molecule is COc1cccc(CNC[c-]2[cH-][cH-][cH-][cH-]2)c1.[Fe].c1cc[cH-]c1. The van der Waals surface area contributed by atoms with Crippen LogP contribution in [0.3, 0.4) is 0 Å². The molecule has 2 nitrogen and oxygen atoms in total. The van der Waals surface area contributed by atoms with Gasteiger partial charge < -0.3 is 39.9 Å². The van der Waals surface area contributed by atoms with Crippen molar-refractivity contribution in [2.24, 2.45) is 0 Å². The summed E-state index contributed by atoms with van der Waals surface area (Å²) in [5.41, 5.74) is 2.56. The number of ether oxygens (including phenoxy) is 1. The van der Waals surface area contributed by atoms with Gasteiger partial charge in [-0.05, 0) is 17.7 Å². The van der Waals surface area contributed by atoms with Crippen molar-refractivity contribution in [2.45, 2.75) is 13.1 Å². The molecule has 3 rings (SSSR count).